The molecule has 134 valence electrons. The van der Waals surface area contributed by atoms with Crippen LogP contribution in [0.15, 0.2) is 59.5 Å². The summed E-state index contributed by atoms with van der Waals surface area (Å²) in [6.07, 6.45) is 0. The van der Waals surface area contributed by atoms with Crippen molar-refractivity contribution in [3.8, 4) is 0 Å². The van der Waals surface area contributed by atoms with Gasteiger partial charge >= 0.3 is 0 Å². The lowest BCUT2D eigenvalue weighted by atomic mass is 10.3. The molecule has 0 atom stereocenters. The Morgan fingerprint density at radius 2 is 1.50 bits per heavy atom. The van der Waals surface area contributed by atoms with Crippen LogP contribution in [0.1, 0.15) is 0 Å². The van der Waals surface area contributed by atoms with E-state index in [2.05, 4.69) is 14.7 Å². The number of para-hydroxylation sites is 2. The van der Waals surface area contributed by atoms with E-state index in [1.807, 2.05) is 29.2 Å². The lowest BCUT2D eigenvalue weighted by molar-refractivity contribution is 0.122. The fourth-order valence-electron chi connectivity index (χ4n) is 2.84. The summed E-state index contributed by atoms with van der Waals surface area (Å²) in [5.41, 5.74) is 1.35. The molecule has 0 bridgehead atoms. The molecule has 8 heteroatoms. The molecule has 4 rings (SSSR count). The van der Waals surface area contributed by atoms with E-state index in [4.69, 9.17) is 4.74 Å². The first-order valence-corrected chi connectivity index (χ1v) is 9.79. The molecule has 0 radical (unpaired) electrons. The van der Waals surface area contributed by atoms with Gasteiger partial charge in [0, 0.05) is 13.1 Å². The van der Waals surface area contributed by atoms with Crippen LogP contribution in [-0.2, 0) is 14.8 Å². The molecule has 1 aromatic heterocycles. The number of nitrogens with one attached hydrogen (secondary N) is 1. The standard InChI is InChI=1S/C18H18N4O3S/c23-26(24,14-6-2-1-3-7-14)21-17-18(22-10-12-25-13-11-22)20-16-9-5-4-8-15(16)19-17/h1-9H,10-13H2,(H,19,21). The van der Waals surface area contributed by atoms with Crippen molar-refractivity contribution >= 4 is 32.7 Å². The number of nitrogens with zero attached hydrogens (tertiary/aromatic N) is 3. The Morgan fingerprint density at radius 1 is 0.885 bits per heavy atom. The largest absolute Gasteiger partial charge is 0.378 e. The Hall–Kier alpha value is -2.71. The molecule has 1 saturated heterocycles. The fraction of sp³-hybridized carbons (Fsp3) is 0.222. The molecule has 0 unspecified atom stereocenters. The van der Waals surface area contributed by atoms with E-state index in [1.54, 1.807) is 30.3 Å². The van der Waals surface area contributed by atoms with Gasteiger partial charge in [-0.05, 0) is 24.3 Å². The first kappa shape index (κ1) is 16.7. The topological polar surface area (TPSA) is 84.4 Å². The molecule has 1 fully saturated rings. The van der Waals surface area contributed by atoms with Crippen LogP contribution >= 0.6 is 0 Å². The SMILES string of the molecule is O=S(=O)(Nc1nc2ccccc2nc1N1CCOCC1)c1ccccc1. The zero-order valence-corrected chi connectivity index (χ0v) is 14.8. The van der Waals surface area contributed by atoms with E-state index in [9.17, 15) is 8.42 Å². The number of anilines is 2. The van der Waals surface area contributed by atoms with Crippen molar-refractivity contribution in [2.45, 2.75) is 4.90 Å². The Morgan fingerprint density at radius 3 is 2.19 bits per heavy atom. The van der Waals surface area contributed by atoms with Crippen LogP contribution < -0.4 is 9.62 Å². The van der Waals surface area contributed by atoms with Crippen molar-refractivity contribution in [3.05, 3.63) is 54.6 Å². The van der Waals surface area contributed by atoms with Gasteiger partial charge in [-0.3, -0.25) is 4.72 Å². The molecular weight excluding hydrogens is 352 g/mol. The fourth-order valence-corrected chi connectivity index (χ4v) is 3.87. The van der Waals surface area contributed by atoms with Crippen LogP contribution in [0.2, 0.25) is 0 Å². The molecule has 0 amide bonds. The molecule has 0 spiro atoms. The first-order valence-electron chi connectivity index (χ1n) is 8.31. The molecule has 2 heterocycles. The van der Waals surface area contributed by atoms with Crippen LogP contribution in [0.4, 0.5) is 11.6 Å². The molecule has 26 heavy (non-hydrogen) atoms. The van der Waals surface area contributed by atoms with Gasteiger partial charge in [-0.15, -0.1) is 0 Å². The number of sulfonamides is 1. The summed E-state index contributed by atoms with van der Waals surface area (Å²) in [5, 5.41) is 0. The Bertz CT molecular complexity index is 1020. The van der Waals surface area contributed by atoms with Gasteiger partial charge in [0.25, 0.3) is 10.0 Å². The number of benzene rings is 2. The van der Waals surface area contributed by atoms with Crippen LogP contribution in [0, 0.1) is 0 Å². The minimum absolute atomic E-state index is 0.183. The maximum Gasteiger partial charge on any atom is 0.263 e. The van der Waals surface area contributed by atoms with Gasteiger partial charge in [0.1, 0.15) is 0 Å². The van der Waals surface area contributed by atoms with Crippen molar-refractivity contribution in [2.75, 3.05) is 35.9 Å². The third-order valence-electron chi connectivity index (χ3n) is 4.15. The molecule has 3 aromatic rings. The van der Waals surface area contributed by atoms with Crippen LogP contribution in [0.3, 0.4) is 0 Å². The zero-order chi connectivity index (χ0) is 18.0. The summed E-state index contributed by atoms with van der Waals surface area (Å²) < 4.78 is 33.5. The van der Waals surface area contributed by atoms with Crippen LogP contribution in [-0.4, -0.2) is 44.7 Å². The van der Waals surface area contributed by atoms with E-state index in [-0.39, 0.29) is 10.7 Å². The van der Waals surface area contributed by atoms with Crippen molar-refractivity contribution in [1.29, 1.82) is 0 Å². The van der Waals surface area contributed by atoms with Gasteiger partial charge in [0.05, 0.1) is 29.1 Å². The maximum absolute atomic E-state index is 12.8. The van der Waals surface area contributed by atoms with E-state index in [0.29, 0.717) is 37.6 Å². The highest BCUT2D eigenvalue weighted by atomic mass is 32.2. The summed E-state index contributed by atoms with van der Waals surface area (Å²) >= 11 is 0. The predicted molar refractivity (Wildman–Crippen MR) is 99.8 cm³/mol. The second-order valence-electron chi connectivity index (χ2n) is 5.90. The summed E-state index contributed by atoms with van der Waals surface area (Å²) in [6.45, 7) is 2.40. The molecule has 0 aliphatic carbocycles. The minimum atomic E-state index is -3.75. The molecule has 1 aliphatic heterocycles. The summed E-state index contributed by atoms with van der Waals surface area (Å²) in [7, 11) is -3.75. The van der Waals surface area contributed by atoms with Gasteiger partial charge in [-0.2, -0.15) is 0 Å². The van der Waals surface area contributed by atoms with Gasteiger partial charge in [0.2, 0.25) is 0 Å². The monoisotopic (exact) mass is 370 g/mol. The lowest BCUT2D eigenvalue weighted by Crippen LogP contribution is -2.37. The Kier molecular flexibility index (Phi) is 4.44. The number of fused-ring (bicyclic) bond motifs is 1. The third kappa shape index (κ3) is 3.33. The highest BCUT2D eigenvalue weighted by molar-refractivity contribution is 7.92. The van der Waals surface area contributed by atoms with Crippen LogP contribution in [0.5, 0.6) is 0 Å². The zero-order valence-electron chi connectivity index (χ0n) is 14.0. The molecule has 0 saturated carbocycles. The smallest absolute Gasteiger partial charge is 0.263 e. The molecule has 2 aromatic carbocycles. The Balaban J connectivity index is 1.79. The molecule has 1 aliphatic rings. The quantitative estimate of drug-likeness (QED) is 0.758. The van der Waals surface area contributed by atoms with Crippen molar-refractivity contribution < 1.29 is 13.2 Å². The summed E-state index contributed by atoms with van der Waals surface area (Å²) in [4.78, 5) is 11.4. The number of aromatic nitrogens is 2. The van der Waals surface area contributed by atoms with Gasteiger partial charge in [-0.25, -0.2) is 18.4 Å². The molecule has 1 N–H and O–H groups in total. The summed E-state index contributed by atoms with van der Waals surface area (Å²) in [6, 6.07) is 15.6. The molecular formula is C18H18N4O3S. The van der Waals surface area contributed by atoms with Crippen molar-refractivity contribution in [1.82, 2.24) is 9.97 Å². The second-order valence-corrected chi connectivity index (χ2v) is 7.58. The van der Waals surface area contributed by atoms with E-state index >= 15 is 0 Å². The predicted octanol–water partition coefficient (Wildman–Crippen LogP) is 2.27. The Labute approximate surface area is 151 Å². The highest BCUT2D eigenvalue weighted by Crippen LogP contribution is 2.27. The average Bonchev–Trinajstić information content (AvgIpc) is 2.68. The van der Waals surface area contributed by atoms with Crippen molar-refractivity contribution in [3.63, 3.8) is 0 Å². The average molecular weight is 370 g/mol. The third-order valence-corrected chi connectivity index (χ3v) is 5.50. The lowest BCUT2D eigenvalue weighted by Gasteiger charge is -2.29. The first-order chi connectivity index (χ1) is 12.6. The van der Waals surface area contributed by atoms with Gasteiger partial charge in [-0.1, -0.05) is 30.3 Å². The summed E-state index contributed by atoms with van der Waals surface area (Å²) in [5.74, 6) is 0.751. The maximum atomic E-state index is 12.8. The van der Waals surface area contributed by atoms with Gasteiger partial charge < -0.3 is 9.64 Å². The minimum Gasteiger partial charge on any atom is -0.378 e. The van der Waals surface area contributed by atoms with E-state index < -0.39 is 10.0 Å². The van der Waals surface area contributed by atoms with Gasteiger partial charge in [0.15, 0.2) is 11.6 Å². The number of morpholine rings is 1. The molecule has 7 nitrogen and oxygen atoms in total. The highest BCUT2D eigenvalue weighted by Gasteiger charge is 2.23. The number of ether oxygens (including phenoxy) is 1. The number of hydrogen-bond donors (Lipinski definition) is 1. The normalized spacial score (nSPS) is 15.2. The van der Waals surface area contributed by atoms with E-state index in [0.717, 1.165) is 5.52 Å². The van der Waals surface area contributed by atoms with E-state index in [1.165, 1.54) is 0 Å². The number of rotatable bonds is 4. The van der Waals surface area contributed by atoms with Crippen LogP contribution in [0.25, 0.3) is 11.0 Å². The second kappa shape index (κ2) is 6.89. The van der Waals surface area contributed by atoms with Crippen molar-refractivity contribution in [2.24, 2.45) is 0 Å². The number of hydrogen-bond acceptors (Lipinski definition) is 6.